The van der Waals surface area contributed by atoms with Crippen LogP contribution in [0.2, 0.25) is 0 Å². The third kappa shape index (κ3) is 32.3. The van der Waals surface area contributed by atoms with Gasteiger partial charge >= 0.3 is 0 Å². The molecule has 2 nitrogen and oxygen atoms in total. The lowest BCUT2D eigenvalue weighted by Gasteiger charge is -2.21. The molecule has 1 rings (SSSR count). The molecule has 0 aromatic heterocycles. The molecule has 0 aromatic carbocycles. The largest absolute Gasteiger partial charge is 0.302 e. The van der Waals surface area contributed by atoms with Gasteiger partial charge in [-0.25, -0.2) is 0 Å². The summed E-state index contributed by atoms with van der Waals surface area (Å²) < 4.78 is 0. The summed E-state index contributed by atoms with van der Waals surface area (Å²) in [4.78, 5) is 5.55. The Kier molecular flexibility index (Phi) is 38.2. The van der Waals surface area contributed by atoms with E-state index in [1.165, 1.54) is 251 Å². The Balaban J connectivity index is 0.0000185. The number of nitrogens with zero attached hydrogens (tertiary/aromatic N) is 2. The van der Waals surface area contributed by atoms with Gasteiger partial charge in [-0.15, -0.1) is 17.0 Å². The minimum atomic E-state index is 0. The molecule has 0 aromatic rings. The van der Waals surface area contributed by atoms with Crippen molar-refractivity contribution in [3.63, 3.8) is 0 Å². The number of hydrogen-bond acceptors (Lipinski definition) is 2. The molecule has 1 heterocycles. The van der Waals surface area contributed by atoms with Crippen molar-refractivity contribution in [2.75, 3.05) is 39.3 Å². The second-order valence-corrected chi connectivity index (χ2v) is 14.6. The molecule has 1 saturated heterocycles. The molecule has 0 aliphatic carbocycles. The van der Waals surface area contributed by atoms with Crippen LogP contribution < -0.4 is 0 Å². The third-order valence-corrected chi connectivity index (χ3v) is 10.3. The van der Waals surface area contributed by atoms with Crippen molar-refractivity contribution in [1.82, 2.24) is 9.80 Å². The van der Waals surface area contributed by atoms with Gasteiger partial charge in [-0.05, 0) is 45.4 Å². The van der Waals surface area contributed by atoms with Crippen LogP contribution in [-0.4, -0.2) is 49.1 Å². The summed E-state index contributed by atoms with van der Waals surface area (Å²) in [5.41, 5.74) is 0. The quantitative estimate of drug-likeness (QED) is 0.0622. The fraction of sp³-hybridized carbons (Fsp3) is 1.00. The average molecular weight is 686 g/mol. The SMILES string of the molecule is Br.CCCCCCCCCCCCCCCCCCN1CCCN(CCCCCCCCCCCCCCCCCC)CC1. The van der Waals surface area contributed by atoms with E-state index in [4.69, 9.17) is 0 Å². The predicted octanol–water partition coefficient (Wildman–Crippen LogP) is 14.1. The summed E-state index contributed by atoms with van der Waals surface area (Å²) in [5, 5.41) is 0. The number of hydrogen-bond donors (Lipinski definition) is 0. The van der Waals surface area contributed by atoms with Gasteiger partial charge in [0.15, 0.2) is 0 Å². The molecule has 1 fully saturated rings. The zero-order valence-electron chi connectivity index (χ0n) is 30.9. The highest BCUT2D eigenvalue weighted by molar-refractivity contribution is 8.93. The second-order valence-electron chi connectivity index (χ2n) is 14.6. The smallest absolute Gasteiger partial charge is 0.0109 e. The van der Waals surface area contributed by atoms with Crippen LogP contribution in [0.5, 0.6) is 0 Å². The fourth-order valence-electron chi connectivity index (χ4n) is 7.24. The molecule has 1 aliphatic heterocycles. The van der Waals surface area contributed by atoms with E-state index in [0.29, 0.717) is 0 Å². The van der Waals surface area contributed by atoms with Crippen molar-refractivity contribution in [2.45, 2.75) is 226 Å². The summed E-state index contributed by atoms with van der Waals surface area (Å²) in [5.74, 6) is 0. The standard InChI is InChI=1S/C41H84N2.BrH/c1-3-5-7-9-11-13-15-17-19-21-23-25-27-29-31-33-36-42-38-35-39-43(41-40-42)37-34-32-30-28-26-24-22-20-18-16-14-12-10-8-6-4-2;/h3-41H2,1-2H3;1H. The third-order valence-electron chi connectivity index (χ3n) is 10.3. The Morgan fingerprint density at radius 1 is 0.273 bits per heavy atom. The average Bonchev–Trinajstić information content (AvgIpc) is 3.25. The van der Waals surface area contributed by atoms with Gasteiger partial charge in [0.25, 0.3) is 0 Å². The van der Waals surface area contributed by atoms with Crippen LogP contribution in [-0.2, 0) is 0 Å². The van der Waals surface area contributed by atoms with Crippen molar-refractivity contribution < 1.29 is 0 Å². The molecule has 0 radical (unpaired) electrons. The molecule has 0 unspecified atom stereocenters. The van der Waals surface area contributed by atoms with Crippen LogP contribution in [0.1, 0.15) is 226 Å². The van der Waals surface area contributed by atoms with E-state index in [1.807, 2.05) is 0 Å². The van der Waals surface area contributed by atoms with Gasteiger partial charge in [-0.3, -0.25) is 0 Å². The first-order chi connectivity index (χ1) is 21.4. The molecule has 0 saturated carbocycles. The first kappa shape index (κ1) is 44.4. The molecule has 1 aliphatic rings. The van der Waals surface area contributed by atoms with Crippen molar-refractivity contribution in [3.8, 4) is 0 Å². The highest BCUT2D eigenvalue weighted by atomic mass is 79.9. The van der Waals surface area contributed by atoms with Gasteiger partial charge in [-0.1, -0.05) is 206 Å². The van der Waals surface area contributed by atoms with Crippen LogP contribution in [0.15, 0.2) is 0 Å². The van der Waals surface area contributed by atoms with E-state index in [0.717, 1.165) is 0 Å². The molecule has 0 spiro atoms. The summed E-state index contributed by atoms with van der Waals surface area (Å²) in [6.45, 7) is 12.6. The lowest BCUT2D eigenvalue weighted by molar-refractivity contribution is 0.249. The van der Waals surface area contributed by atoms with Gasteiger partial charge in [0, 0.05) is 13.1 Å². The summed E-state index contributed by atoms with van der Waals surface area (Å²) in [7, 11) is 0. The van der Waals surface area contributed by atoms with E-state index in [9.17, 15) is 0 Å². The Morgan fingerprint density at radius 2 is 0.477 bits per heavy atom. The Morgan fingerprint density at radius 3 is 0.705 bits per heavy atom. The maximum Gasteiger partial charge on any atom is 0.0109 e. The van der Waals surface area contributed by atoms with Gasteiger partial charge in [-0.2, -0.15) is 0 Å². The van der Waals surface area contributed by atoms with Crippen LogP contribution in [0.3, 0.4) is 0 Å². The molecule has 0 bridgehead atoms. The normalized spacial score (nSPS) is 14.6. The highest BCUT2D eigenvalue weighted by Crippen LogP contribution is 2.16. The maximum absolute atomic E-state index is 2.78. The van der Waals surface area contributed by atoms with E-state index in [-0.39, 0.29) is 17.0 Å². The number of rotatable bonds is 34. The Labute approximate surface area is 290 Å². The Hall–Kier alpha value is 0.400. The van der Waals surface area contributed by atoms with Crippen molar-refractivity contribution >= 4 is 17.0 Å². The highest BCUT2D eigenvalue weighted by Gasteiger charge is 2.14. The number of unbranched alkanes of at least 4 members (excludes halogenated alkanes) is 30. The van der Waals surface area contributed by atoms with Crippen molar-refractivity contribution in [3.05, 3.63) is 0 Å². The van der Waals surface area contributed by atoms with Crippen molar-refractivity contribution in [2.24, 2.45) is 0 Å². The monoisotopic (exact) mass is 685 g/mol. The van der Waals surface area contributed by atoms with Gasteiger partial charge in [0.1, 0.15) is 0 Å². The van der Waals surface area contributed by atoms with E-state index >= 15 is 0 Å². The van der Waals surface area contributed by atoms with E-state index in [2.05, 4.69) is 23.6 Å². The second kappa shape index (κ2) is 37.9. The first-order valence-electron chi connectivity index (χ1n) is 20.8. The molecule has 3 heteroatoms. The first-order valence-corrected chi connectivity index (χ1v) is 20.8. The van der Waals surface area contributed by atoms with Crippen molar-refractivity contribution in [1.29, 1.82) is 0 Å². The summed E-state index contributed by atoms with van der Waals surface area (Å²) >= 11 is 0. The van der Waals surface area contributed by atoms with Crippen LogP contribution >= 0.6 is 17.0 Å². The van der Waals surface area contributed by atoms with Gasteiger partial charge in [0.2, 0.25) is 0 Å². The predicted molar refractivity (Wildman–Crippen MR) is 207 cm³/mol. The van der Waals surface area contributed by atoms with E-state index in [1.54, 1.807) is 0 Å². The zero-order valence-corrected chi connectivity index (χ0v) is 32.6. The number of halogens is 1. The summed E-state index contributed by atoms with van der Waals surface area (Å²) in [6.07, 6.45) is 48.3. The molecule has 44 heavy (non-hydrogen) atoms. The fourth-order valence-corrected chi connectivity index (χ4v) is 7.24. The summed E-state index contributed by atoms with van der Waals surface area (Å²) in [6, 6.07) is 0. The maximum atomic E-state index is 2.78. The topological polar surface area (TPSA) is 6.48 Å². The lowest BCUT2D eigenvalue weighted by Crippen LogP contribution is -2.32. The Bertz CT molecular complexity index is 469. The molecule has 0 amide bonds. The minimum absolute atomic E-state index is 0. The molecular weight excluding hydrogens is 600 g/mol. The molecular formula is C41H85BrN2. The van der Waals surface area contributed by atoms with Gasteiger partial charge < -0.3 is 9.80 Å². The molecule has 0 N–H and O–H groups in total. The van der Waals surface area contributed by atoms with Crippen LogP contribution in [0, 0.1) is 0 Å². The molecule has 0 atom stereocenters. The van der Waals surface area contributed by atoms with Crippen LogP contribution in [0.4, 0.5) is 0 Å². The molecule has 266 valence electrons. The zero-order chi connectivity index (χ0) is 30.7. The van der Waals surface area contributed by atoms with E-state index < -0.39 is 0 Å². The lowest BCUT2D eigenvalue weighted by atomic mass is 10.0. The minimum Gasteiger partial charge on any atom is -0.302 e. The van der Waals surface area contributed by atoms with Crippen LogP contribution in [0.25, 0.3) is 0 Å². The van der Waals surface area contributed by atoms with Gasteiger partial charge in [0.05, 0.1) is 0 Å².